The molecule has 5 heteroatoms. The first-order valence-corrected chi connectivity index (χ1v) is 6.03. The van der Waals surface area contributed by atoms with Gasteiger partial charge in [0.2, 0.25) is 0 Å². The molecular weight excluding hydrogens is 265 g/mol. The number of anilines is 2. The molecule has 1 N–H and O–H groups in total. The molecule has 1 aromatic heterocycles. The van der Waals surface area contributed by atoms with Gasteiger partial charge in [-0.3, -0.25) is 0 Å². The van der Waals surface area contributed by atoms with Crippen LogP contribution in [0.25, 0.3) is 10.9 Å². The minimum Gasteiger partial charge on any atom is -0.338 e. The Morgan fingerprint density at radius 3 is 2.74 bits per heavy atom. The van der Waals surface area contributed by atoms with Crippen molar-refractivity contribution < 1.29 is 4.39 Å². The number of hydrogen-bond acceptors (Lipinski definition) is 3. The average Bonchev–Trinajstić information content (AvgIpc) is 2.42. The van der Waals surface area contributed by atoms with Gasteiger partial charge in [-0.1, -0.05) is 23.7 Å². The summed E-state index contributed by atoms with van der Waals surface area (Å²) in [6.07, 6.45) is 1.43. The molecule has 94 valence electrons. The molecule has 0 radical (unpaired) electrons. The summed E-state index contributed by atoms with van der Waals surface area (Å²) in [5, 5.41) is 4.28. The quantitative estimate of drug-likeness (QED) is 0.762. The van der Waals surface area contributed by atoms with Gasteiger partial charge in [-0.25, -0.2) is 14.4 Å². The highest BCUT2D eigenvalue weighted by molar-refractivity contribution is 6.33. The number of nitrogens with one attached hydrogen (secondary N) is 1. The highest BCUT2D eigenvalue weighted by atomic mass is 35.5. The van der Waals surface area contributed by atoms with E-state index >= 15 is 0 Å². The fourth-order valence-electron chi connectivity index (χ4n) is 1.82. The topological polar surface area (TPSA) is 37.8 Å². The molecule has 0 saturated heterocycles. The predicted molar refractivity (Wildman–Crippen MR) is 74.2 cm³/mol. The van der Waals surface area contributed by atoms with Crippen LogP contribution in [0.5, 0.6) is 0 Å². The van der Waals surface area contributed by atoms with Gasteiger partial charge in [0.1, 0.15) is 18.0 Å². The van der Waals surface area contributed by atoms with Crippen molar-refractivity contribution in [1.82, 2.24) is 9.97 Å². The molecule has 0 aliphatic carbocycles. The van der Waals surface area contributed by atoms with Crippen molar-refractivity contribution in [2.24, 2.45) is 0 Å². The molecule has 0 spiro atoms. The molecule has 2 aromatic carbocycles. The van der Waals surface area contributed by atoms with Crippen molar-refractivity contribution in [2.75, 3.05) is 5.32 Å². The van der Waals surface area contributed by atoms with Crippen LogP contribution in [0.15, 0.2) is 48.8 Å². The molecule has 0 saturated carbocycles. The van der Waals surface area contributed by atoms with Crippen LogP contribution in [-0.4, -0.2) is 9.97 Å². The van der Waals surface area contributed by atoms with E-state index in [2.05, 4.69) is 15.3 Å². The van der Waals surface area contributed by atoms with Crippen molar-refractivity contribution in [3.8, 4) is 0 Å². The van der Waals surface area contributed by atoms with Gasteiger partial charge in [-0.15, -0.1) is 0 Å². The third-order valence-electron chi connectivity index (χ3n) is 2.72. The number of para-hydroxylation sites is 1. The molecule has 3 rings (SSSR count). The van der Waals surface area contributed by atoms with E-state index in [9.17, 15) is 4.39 Å². The minimum absolute atomic E-state index is 0.329. The third kappa shape index (κ3) is 2.35. The van der Waals surface area contributed by atoms with Gasteiger partial charge in [0.15, 0.2) is 0 Å². The van der Waals surface area contributed by atoms with Crippen molar-refractivity contribution in [1.29, 1.82) is 0 Å². The zero-order valence-electron chi connectivity index (χ0n) is 9.77. The van der Waals surface area contributed by atoms with Crippen LogP contribution in [0.2, 0.25) is 5.02 Å². The Bertz CT molecular complexity index is 746. The van der Waals surface area contributed by atoms with Crippen LogP contribution in [-0.2, 0) is 0 Å². The second-order valence-electron chi connectivity index (χ2n) is 3.99. The number of rotatable bonds is 2. The van der Waals surface area contributed by atoms with Crippen LogP contribution in [0.3, 0.4) is 0 Å². The summed E-state index contributed by atoms with van der Waals surface area (Å²) in [7, 11) is 0. The molecule has 0 unspecified atom stereocenters. The van der Waals surface area contributed by atoms with E-state index in [1.807, 2.05) is 18.2 Å². The Kier molecular flexibility index (Phi) is 3.01. The number of halogens is 2. The molecular formula is C14H9ClFN3. The van der Waals surface area contributed by atoms with E-state index in [4.69, 9.17) is 11.6 Å². The summed E-state index contributed by atoms with van der Waals surface area (Å²) in [4.78, 5) is 8.23. The van der Waals surface area contributed by atoms with Crippen molar-refractivity contribution in [2.45, 2.75) is 0 Å². The number of fused-ring (bicyclic) bond motifs is 1. The van der Waals surface area contributed by atoms with E-state index in [-0.39, 0.29) is 5.82 Å². The van der Waals surface area contributed by atoms with E-state index in [1.54, 1.807) is 12.1 Å². The summed E-state index contributed by atoms with van der Waals surface area (Å²) >= 11 is 6.08. The Hall–Kier alpha value is -2.20. The van der Waals surface area contributed by atoms with Crippen LogP contribution in [0, 0.1) is 5.82 Å². The maximum absolute atomic E-state index is 13.3. The average molecular weight is 274 g/mol. The minimum atomic E-state index is -0.329. The van der Waals surface area contributed by atoms with E-state index in [0.717, 1.165) is 0 Å². The zero-order chi connectivity index (χ0) is 13.2. The number of hydrogen-bond donors (Lipinski definition) is 1. The van der Waals surface area contributed by atoms with Crippen molar-refractivity contribution in [3.05, 3.63) is 59.6 Å². The molecule has 1 heterocycles. The van der Waals surface area contributed by atoms with Crippen molar-refractivity contribution in [3.63, 3.8) is 0 Å². The summed E-state index contributed by atoms with van der Waals surface area (Å²) in [5.74, 6) is 0.196. The van der Waals surface area contributed by atoms with Gasteiger partial charge in [0.05, 0.1) is 16.2 Å². The lowest BCUT2D eigenvalue weighted by Crippen LogP contribution is -1.96. The number of aromatic nitrogens is 2. The largest absolute Gasteiger partial charge is 0.338 e. The molecule has 0 bridgehead atoms. The molecule has 3 nitrogen and oxygen atoms in total. The summed E-state index contributed by atoms with van der Waals surface area (Å²) in [5.41, 5.74) is 1.39. The second-order valence-corrected chi connectivity index (χ2v) is 4.40. The van der Waals surface area contributed by atoms with Gasteiger partial charge in [-0.2, -0.15) is 0 Å². The lowest BCUT2D eigenvalue weighted by atomic mass is 10.2. The number of benzene rings is 2. The monoisotopic (exact) mass is 273 g/mol. The normalized spacial score (nSPS) is 10.6. The molecule has 3 aromatic rings. The molecule has 0 atom stereocenters. The van der Waals surface area contributed by atoms with E-state index in [0.29, 0.717) is 27.4 Å². The Balaban J connectivity index is 2.10. The Morgan fingerprint density at radius 2 is 1.89 bits per heavy atom. The summed E-state index contributed by atoms with van der Waals surface area (Å²) in [6, 6.07) is 11.7. The maximum Gasteiger partial charge on any atom is 0.141 e. The Morgan fingerprint density at radius 1 is 1.05 bits per heavy atom. The third-order valence-corrected chi connectivity index (χ3v) is 3.05. The number of nitrogens with zero attached hydrogens (tertiary/aromatic N) is 2. The first kappa shape index (κ1) is 11.9. The molecule has 0 amide bonds. The molecule has 0 aliphatic rings. The fraction of sp³-hybridized carbons (Fsp3) is 0. The van der Waals surface area contributed by atoms with E-state index in [1.165, 1.54) is 18.5 Å². The Labute approximate surface area is 114 Å². The summed E-state index contributed by atoms with van der Waals surface area (Å²) in [6.45, 7) is 0. The lowest BCUT2D eigenvalue weighted by molar-refractivity contribution is 0.629. The van der Waals surface area contributed by atoms with Gasteiger partial charge in [0, 0.05) is 5.39 Å². The van der Waals surface area contributed by atoms with Crippen molar-refractivity contribution >= 4 is 34.0 Å². The summed E-state index contributed by atoms with van der Waals surface area (Å²) < 4.78 is 13.3. The predicted octanol–water partition coefficient (Wildman–Crippen LogP) is 4.17. The van der Waals surface area contributed by atoms with Crippen LogP contribution in [0.4, 0.5) is 15.9 Å². The van der Waals surface area contributed by atoms with Gasteiger partial charge in [0.25, 0.3) is 0 Å². The van der Waals surface area contributed by atoms with Crippen LogP contribution < -0.4 is 5.32 Å². The lowest BCUT2D eigenvalue weighted by Gasteiger charge is -2.09. The highest BCUT2D eigenvalue weighted by Gasteiger charge is 2.06. The van der Waals surface area contributed by atoms with Gasteiger partial charge < -0.3 is 5.32 Å². The molecule has 19 heavy (non-hydrogen) atoms. The standard InChI is InChI=1S/C14H9ClFN3/c15-11-3-1-2-4-13(11)19-14-10-7-9(16)5-6-12(10)17-8-18-14/h1-8H,(H,17,18,19). The molecule has 0 fully saturated rings. The molecule has 0 aliphatic heterocycles. The van der Waals surface area contributed by atoms with Crippen LogP contribution >= 0.6 is 11.6 Å². The van der Waals surface area contributed by atoms with Gasteiger partial charge in [-0.05, 0) is 30.3 Å². The fourth-order valence-corrected chi connectivity index (χ4v) is 2.00. The maximum atomic E-state index is 13.3. The van der Waals surface area contributed by atoms with E-state index < -0.39 is 0 Å². The highest BCUT2D eigenvalue weighted by Crippen LogP contribution is 2.27. The first-order valence-electron chi connectivity index (χ1n) is 5.66. The smallest absolute Gasteiger partial charge is 0.141 e. The van der Waals surface area contributed by atoms with Gasteiger partial charge >= 0.3 is 0 Å². The van der Waals surface area contributed by atoms with Crippen LogP contribution in [0.1, 0.15) is 0 Å². The SMILES string of the molecule is Fc1ccc2ncnc(Nc3ccccc3Cl)c2c1. The zero-order valence-corrected chi connectivity index (χ0v) is 10.5. The first-order chi connectivity index (χ1) is 9.24. The second kappa shape index (κ2) is 4.82.